The summed E-state index contributed by atoms with van der Waals surface area (Å²) in [7, 11) is 1.69. The molecule has 1 atom stereocenters. The largest absolute Gasteiger partial charge is 0.496 e. The lowest BCUT2D eigenvalue weighted by molar-refractivity contribution is 0.0979. The van der Waals surface area contributed by atoms with E-state index in [4.69, 9.17) is 4.74 Å². The quantitative estimate of drug-likeness (QED) is 0.834. The minimum Gasteiger partial charge on any atom is -0.496 e. The number of hydrogen-bond donors (Lipinski definition) is 1. The second-order valence-corrected chi connectivity index (χ2v) is 6.39. The first kappa shape index (κ1) is 14.9. The molecule has 1 N–H and O–H groups in total. The number of aliphatic hydroxyl groups is 1. The Labute approximate surface area is 124 Å². The van der Waals surface area contributed by atoms with Crippen molar-refractivity contribution in [3.05, 3.63) is 28.2 Å². The van der Waals surface area contributed by atoms with Gasteiger partial charge in [-0.1, -0.05) is 41.6 Å². The summed E-state index contributed by atoms with van der Waals surface area (Å²) in [5.41, 5.74) is 1.09. The lowest BCUT2D eigenvalue weighted by atomic mass is 9.90. The maximum absolute atomic E-state index is 10.5. The first-order valence-electron chi connectivity index (χ1n) is 7.21. The molecule has 0 heterocycles. The van der Waals surface area contributed by atoms with Gasteiger partial charge in [0.15, 0.2) is 0 Å². The Morgan fingerprint density at radius 2 is 1.95 bits per heavy atom. The molecule has 1 aliphatic carbocycles. The molecule has 1 unspecified atom stereocenters. The smallest absolute Gasteiger partial charge is 0.122 e. The van der Waals surface area contributed by atoms with Crippen molar-refractivity contribution in [2.45, 2.75) is 51.0 Å². The van der Waals surface area contributed by atoms with Crippen LogP contribution in [0, 0.1) is 5.92 Å². The van der Waals surface area contributed by atoms with Gasteiger partial charge in [-0.15, -0.1) is 0 Å². The van der Waals surface area contributed by atoms with E-state index in [0.29, 0.717) is 12.3 Å². The Bertz CT molecular complexity index is 398. The van der Waals surface area contributed by atoms with E-state index in [1.54, 1.807) is 7.11 Å². The van der Waals surface area contributed by atoms with Gasteiger partial charge < -0.3 is 9.84 Å². The first-order valence-corrected chi connectivity index (χ1v) is 8.00. The SMILES string of the molecule is COc1ccc(Br)cc1CC(O)C1CCCCCC1. The number of halogens is 1. The molecule has 2 rings (SSSR count). The monoisotopic (exact) mass is 326 g/mol. The summed E-state index contributed by atoms with van der Waals surface area (Å²) < 4.78 is 6.42. The van der Waals surface area contributed by atoms with E-state index in [-0.39, 0.29) is 6.10 Å². The molecule has 0 aromatic heterocycles. The van der Waals surface area contributed by atoms with E-state index in [1.807, 2.05) is 12.1 Å². The van der Waals surface area contributed by atoms with Crippen LogP contribution >= 0.6 is 15.9 Å². The predicted molar refractivity (Wildman–Crippen MR) is 81.6 cm³/mol. The zero-order valence-electron chi connectivity index (χ0n) is 11.6. The fraction of sp³-hybridized carbons (Fsp3) is 0.625. The van der Waals surface area contributed by atoms with Crippen molar-refractivity contribution in [2.24, 2.45) is 5.92 Å². The van der Waals surface area contributed by atoms with Gasteiger partial charge in [-0.05, 0) is 42.5 Å². The average Bonchev–Trinajstić information content (AvgIpc) is 2.68. The van der Waals surface area contributed by atoms with Crippen LogP contribution in [0.5, 0.6) is 5.75 Å². The summed E-state index contributed by atoms with van der Waals surface area (Å²) in [6.45, 7) is 0. The standard InChI is InChI=1S/C16H23BrO2/c1-19-16-9-8-14(17)10-13(16)11-15(18)12-6-4-2-3-5-7-12/h8-10,12,15,18H,2-7,11H2,1H3. The van der Waals surface area contributed by atoms with Crippen molar-refractivity contribution in [2.75, 3.05) is 7.11 Å². The fourth-order valence-electron chi connectivity index (χ4n) is 2.99. The van der Waals surface area contributed by atoms with Crippen molar-refractivity contribution < 1.29 is 9.84 Å². The van der Waals surface area contributed by atoms with Crippen molar-refractivity contribution in [3.8, 4) is 5.75 Å². The Hall–Kier alpha value is -0.540. The summed E-state index contributed by atoms with van der Waals surface area (Å²) in [6.07, 6.45) is 7.94. The van der Waals surface area contributed by atoms with Crippen molar-refractivity contribution in [1.82, 2.24) is 0 Å². The van der Waals surface area contributed by atoms with Gasteiger partial charge in [0.25, 0.3) is 0 Å². The third-order valence-corrected chi connectivity index (χ3v) is 4.61. The average molecular weight is 327 g/mol. The Morgan fingerprint density at radius 3 is 2.58 bits per heavy atom. The number of methoxy groups -OCH3 is 1. The molecule has 0 spiro atoms. The number of benzene rings is 1. The molecule has 1 fully saturated rings. The van der Waals surface area contributed by atoms with Gasteiger partial charge in [0.2, 0.25) is 0 Å². The van der Waals surface area contributed by atoms with Crippen LogP contribution in [-0.2, 0) is 6.42 Å². The van der Waals surface area contributed by atoms with E-state index in [2.05, 4.69) is 22.0 Å². The van der Waals surface area contributed by atoms with Crippen LogP contribution in [0.1, 0.15) is 44.1 Å². The normalized spacial score (nSPS) is 18.9. The van der Waals surface area contributed by atoms with E-state index >= 15 is 0 Å². The molecule has 0 bridgehead atoms. The van der Waals surface area contributed by atoms with Gasteiger partial charge in [-0.3, -0.25) is 0 Å². The van der Waals surface area contributed by atoms with E-state index in [9.17, 15) is 5.11 Å². The van der Waals surface area contributed by atoms with Crippen LogP contribution in [-0.4, -0.2) is 18.3 Å². The number of ether oxygens (including phenoxy) is 1. The summed E-state index contributed by atoms with van der Waals surface area (Å²) in [5.74, 6) is 1.32. The highest BCUT2D eigenvalue weighted by Gasteiger charge is 2.22. The van der Waals surface area contributed by atoms with E-state index < -0.39 is 0 Å². The van der Waals surface area contributed by atoms with Gasteiger partial charge in [-0.25, -0.2) is 0 Å². The first-order chi connectivity index (χ1) is 9.20. The third-order valence-electron chi connectivity index (χ3n) is 4.12. The molecule has 1 aromatic carbocycles. The summed E-state index contributed by atoms with van der Waals surface area (Å²) >= 11 is 3.49. The Morgan fingerprint density at radius 1 is 1.26 bits per heavy atom. The second-order valence-electron chi connectivity index (χ2n) is 5.48. The molecular weight excluding hydrogens is 304 g/mol. The predicted octanol–water partition coefficient (Wildman–Crippen LogP) is 4.33. The van der Waals surface area contributed by atoms with Gasteiger partial charge in [0.1, 0.15) is 5.75 Å². The molecule has 1 aliphatic rings. The summed E-state index contributed by atoms with van der Waals surface area (Å²) in [6, 6.07) is 5.98. The molecule has 0 saturated heterocycles. The lowest BCUT2D eigenvalue weighted by Crippen LogP contribution is -2.22. The molecule has 19 heavy (non-hydrogen) atoms. The molecular formula is C16H23BrO2. The highest BCUT2D eigenvalue weighted by atomic mass is 79.9. The molecule has 2 nitrogen and oxygen atoms in total. The zero-order valence-corrected chi connectivity index (χ0v) is 13.2. The number of hydrogen-bond acceptors (Lipinski definition) is 2. The van der Waals surface area contributed by atoms with Gasteiger partial charge in [-0.2, -0.15) is 0 Å². The molecule has 0 amide bonds. The maximum atomic E-state index is 10.5. The Balaban J connectivity index is 2.04. The second kappa shape index (κ2) is 7.30. The maximum Gasteiger partial charge on any atom is 0.122 e. The summed E-state index contributed by atoms with van der Waals surface area (Å²) in [4.78, 5) is 0. The van der Waals surface area contributed by atoms with Crippen molar-refractivity contribution in [1.29, 1.82) is 0 Å². The van der Waals surface area contributed by atoms with Gasteiger partial charge >= 0.3 is 0 Å². The van der Waals surface area contributed by atoms with Crippen LogP contribution in [0.2, 0.25) is 0 Å². The van der Waals surface area contributed by atoms with Crippen LogP contribution in [0.15, 0.2) is 22.7 Å². The molecule has 1 aromatic rings. The van der Waals surface area contributed by atoms with Crippen LogP contribution in [0.25, 0.3) is 0 Å². The lowest BCUT2D eigenvalue weighted by Gasteiger charge is -2.22. The highest BCUT2D eigenvalue weighted by molar-refractivity contribution is 9.10. The van der Waals surface area contributed by atoms with Gasteiger partial charge in [0.05, 0.1) is 13.2 Å². The van der Waals surface area contributed by atoms with Crippen LogP contribution < -0.4 is 4.74 Å². The fourth-order valence-corrected chi connectivity index (χ4v) is 3.40. The molecule has 0 aliphatic heterocycles. The number of aliphatic hydroxyl groups excluding tert-OH is 1. The molecule has 0 radical (unpaired) electrons. The van der Waals surface area contributed by atoms with E-state index in [1.165, 1.54) is 25.7 Å². The van der Waals surface area contributed by atoms with Crippen molar-refractivity contribution >= 4 is 15.9 Å². The Kier molecular flexibility index (Phi) is 5.71. The number of rotatable bonds is 4. The third kappa shape index (κ3) is 4.22. The van der Waals surface area contributed by atoms with Crippen LogP contribution in [0.4, 0.5) is 0 Å². The zero-order chi connectivity index (χ0) is 13.7. The van der Waals surface area contributed by atoms with E-state index in [0.717, 1.165) is 28.6 Å². The molecule has 1 saturated carbocycles. The van der Waals surface area contributed by atoms with Crippen LogP contribution in [0.3, 0.4) is 0 Å². The minimum atomic E-state index is -0.249. The minimum absolute atomic E-state index is 0.249. The van der Waals surface area contributed by atoms with Crippen molar-refractivity contribution in [3.63, 3.8) is 0 Å². The summed E-state index contributed by atoms with van der Waals surface area (Å²) in [5, 5.41) is 10.5. The topological polar surface area (TPSA) is 29.5 Å². The van der Waals surface area contributed by atoms with Gasteiger partial charge in [0, 0.05) is 10.9 Å². The molecule has 3 heteroatoms. The molecule has 106 valence electrons. The highest BCUT2D eigenvalue weighted by Crippen LogP contribution is 2.30.